The highest BCUT2D eigenvalue weighted by atomic mass is 35.5. The summed E-state index contributed by atoms with van der Waals surface area (Å²) in [5.74, 6) is -0.561. The number of aromatic nitrogens is 4. The molecule has 19 heavy (non-hydrogen) atoms. The van der Waals surface area contributed by atoms with Crippen LogP contribution in [0.25, 0.3) is 11.4 Å². The fourth-order valence-corrected chi connectivity index (χ4v) is 1.78. The summed E-state index contributed by atoms with van der Waals surface area (Å²) in [4.78, 5) is 10.7. The molecule has 0 radical (unpaired) electrons. The molecule has 0 aromatic carbocycles. The van der Waals surface area contributed by atoms with Gasteiger partial charge < -0.3 is 14.3 Å². The first kappa shape index (κ1) is 13.5. The lowest BCUT2D eigenvalue weighted by molar-refractivity contribution is -0.140. The van der Waals surface area contributed by atoms with Gasteiger partial charge in [0.25, 0.3) is 0 Å². The van der Waals surface area contributed by atoms with Crippen LogP contribution in [-0.4, -0.2) is 44.5 Å². The summed E-state index contributed by atoms with van der Waals surface area (Å²) in [6.07, 6.45) is 0.738. The van der Waals surface area contributed by atoms with Gasteiger partial charge in [0.1, 0.15) is 0 Å². The van der Waals surface area contributed by atoms with Crippen LogP contribution >= 0.6 is 11.6 Å². The van der Waals surface area contributed by atoms with Gasteiger partial charge in [0, 0.05) is 7.11 Å². The lowest BCUT2D eigenvalue weighted by Gasteiger charge is -2.13. The minimum atomic E-state index is -0.956. The van der Waals surface area contributed by atoms with Gasteiger partial charge in [-0.05, 0) is 28.1 Å². The first-order valence-corrected chi connectivity index (χ1v) is 5.73. The van der Waals surface area contributed by atoms with Gasteiger partial charge in [0.15, 0.2) is 5.82 Å². The summed E-state index contributed by atoms with van der Waals surface area (Å²) in [6, 6.07) is 1.63. The number of carbonyl (C=O) groups is 1. The molecule has 2 aromatic heterocycles. The SMILES string of the molecule is COC(CC(=O)O)Cn1nnnc1-c1ccoc1Cl. The smallest absolute Gasteiger partial charge is 0.306 e. The number of aliphatic carboxylic acids is 1. The summed E-state index contributed by atoms with van der Waals surface area (Å²) in [7, 11) is 1.43. The molecule has 2 aromatic rings. The molecule has 2 heterocycles. The van der Waals surface area contributed by atoms with Gasteiger partial charge in [0.05, 0.1) is 30.9 Å². The third kappa shape index (κ3) is 3.09. The summed E-state index contributed by atoms with van der Waals surface area (Å²) < 4.78 is 11.5. The summed E-state index contributed by atoms with van der Waals surface area (Å²) in [6.45, 7) is 0.201. The van der Waals surface area contributed by atoms with E-state index in [0.29, 0.717) is 11.4 Å². The van der Waals surface area contributed by atoms with Gasteiger partial charge in [-0.3, -0.25) is 4.79 Å². The van der Waals surface area contributed by atoms with Crippen LogP contribution in [0.2, 0.25) is 5.22 Å². The molecule has 0 aliphatic carbocycles. The zero-order valence-electron chi connectivity index (χ0n) is 9.99. The number of halogens is 1. The molecular weight excluding hydrogens is 276 g/mol. The maximum absolute atomic E-state index is 10.7. The molecule has 1 atom stereocenters. The second-order valence-corrected chi connectivity index (χ2v) is 4.09. The average molecular weight is 287 g/mol. The zero-order chi connectivity index (χ0) is 13.8. The fraction of sp³-hybridized carbons (Fsp3) is 0.400. The Bertz CT molecular complexity index is 567. The van der Waals surface area contributed by atoms with E-state index in [-0.39, 0.29) is 18.2 Å². The Labute approximate surface area is 112 Å². The molecule has 0 bridgehead atoms. The van der Waals surface area contributed by atoms with Crippen LogP contribution in [0.5, 0.6) is 0 Å². The highest BCUT2D eigenvalue weighted by Crippen LogP contribution is 2.26. The van der Waals surface area contributed by atoms with Crippen molar-refractivity contribution in [2.24, 2.45) is 0 Å². The van der Waals surface area contributed by atoms with E-state index < -0.39 is 12.1 Å². The summed E-state index contributed by atoms with van der Waals surface area (Å²) in [5.41, 5.74) is 0.539. The van der Waals surface area contributed by atoms with Gasteiger partial charge in [-0.15, -0.1) is 5.10 Å². The van der Waals surface area contributed by atoms with Crippen molar-refractivity contribution in [2.45, 2.75) is 19.1 Å². The highest BCUT2D eigenvalue weighted by molar-refractivity contribution is 6.31. The second kappa shape index (κ2) is 5.81. The molecule has 0 saturated carbocycles. The van der Waals surface area contributed by atoms with Crippen molar-refractivity contribution in [3.63, 3.8) is 0 Å². The van der Waals surface area contributed by atoms with Crippen LogP contribution in [0.15, 0.2) is 16.7 Å². The van der Waals surface area contributed by atoms with E-state index in [0.717, 1.165) is 0 Å². The Kier molecular flexibility index (Phi) is 4.13. The van der Waals surface area contributed by atoms with Gasteiger partial charge in [0.2, 0.25) is 5.22 Å². The van der Waals surface area contributed by atoms with Crippen molar-refractivity contribution >= 4 is 17.6 Å². The Morgan fingerprint density at radius 3 is 3.05 bits per heavy atom. The normalized spacial score (nSPS) is 12.5. The zero-order valence-corrected chi connectivity index (χ0v) is 10.7. The molecule has 0 aliphatic rings. The molecule has 9 heteroatoms. The number of methoxy groups -OCH3 is 1. The molecule has 8 nitrogen and oxygen atoms in total. The number of ether oxygens (including phenoxy) is 1. The fourth-order valence-electron chi connectivity index (χ4n) is 1.58. The van der Waals surface area contributed by atoms with Crippen LogP contribution < -0.4 is 0 Å². The van der Waals surface area contributed by atoms with E-state index in [1.807, 2.05) is 0 Å². The predicted octanol–water partition coefficient (Wildman–Crippen LogP) is 1.08. The first-order valence-electron chi connectivity index (χ1n) is 5.36. The van der Waals surface area contributed by atoms with Crippen LogP contribution in [-0.2, 0) is 16.1 Å². The largest absolute Gasteiger partial charge is 0.481 e. The Morgan fingerprint density at radius 2 is 2.47 bits per heavy atom. The average Bonchev–Trinajstić information content (AvgIpc) is 2.96. The van der Waals surface area contributed by atoms with Crippen LogP contribution in [0, 0.1) is 0 Å². The van der Waals surface area contributed by atoms with Crippen molar-refractivity contribution in [1.82, 2.24) is 20.2 Å². The van der Waals surface area contributed by atoms with Gasteiger partial charge in [-0.25, -0.2) is 4.68 Å². The maximum atomic E-state index is 10.7. The van der Waals surface area contributed by atoms with E-state index in [4.69, 9.17) is 25.9 Å². The molecule has 0 saturated heterocycles. The summed E-state index contributed by atoms with van der Waals surface area (Å²) >= 11 is 5.86. The molecule has 1 unspecified atom stereocenters. The van der Waals surface area contributed by atoms with Crippen LogP contribution in [0.4, 0.5) is 0 Å². The van der Waals surface area contributed by atoms with Crippen molar-refractivity contribution < 1.29 is 19.1 Å². The van der Waals surface area contributed by atoms with Crippen LogP contribution in [0.1, 0.15) is 6.42 Å². The number of tetrazole rings is 1. The maximum Gasteiger partial charge on any atom is 0.306 e. The third-order valence-electron chi connectivity index (χ3n) is 2.50. The number of hydrogen-bond acceptors (Lipinski definition) is 6. The molecule has 102 valence electrons. The number of carboxylic acids is 1. The van der Waals surface area contributed by atoms with Gasteiger partial charge in [-0.2, -0.15) is 0 Å². The molecule has 0 fully saturated rings. The lowest BCUT2D eigenvalue weighted by atomic mass is 10.2. The number of hydrogen-bond donors (Lipinski definition) is 1. The Hall–Kier alpha value is -1.93. The molecule has 2 rings (SSSR count). The monoisotopic (exact) mass is 286 g/mol. The molecular formula is C10H11ClN4O4. The predicted molar refractivity (Wildman–Crippen MR) is 63.6 cm³/mol. The standard InChI is InChI=1S/C10H11ClN4O4/c1-18-6(4-8(16)17)5-15-10(12-13-14-15)7-2-3-19-9(7)11/h2-3,6H,4-5H2,1H3,(H,16,17). The second-order valence-electron chi connectivity index (χ2n) is 3.75. The Morgan fingerprint density at radius 1 is 1.68 bits per heavy atom. The molecule has 0 amide bonds. The number of nitrogens with zero attached hydrogens (tertiary/aromatic N) is 4. The first-order chi connectivity index (χ1) is 9.11. The van der Waals surface area contributed by atoms with E-state index in [1.165, 1.54) is 18.1 Å². The number of furan rings is 1. The van der Waals surface area contributed by atoms with E-state index >= 15 is 0 Å². The van der Waals surface area contributed by atoms with Crippen molar-refractivity contribution in [3.8, 4) is 11.4 Å². The topological polar surface area (TPSA) is 103 Å². The lowest BCUT2D eigenvalue weighted by Crippen LogP contribution is -2.23. The van der Waals surface area contributed by atoms with Crippen molar-refractivity contribution in [3.05, 3.63) is 17.5 Å². The highest BCUT2D eigenvalue weighted by Gasteiger charge is 2.19. The minimum Gasteiger partial charge on any atom is -0.481 e. The molecule has 1 N–H and O–H groups in total. The molecule has 0 aliphatic heterocycles. The van der Waals surface area contributed by atoms with E-state index in [9.17, 15) is 4.79 Å². The summed E-state index contributed by atoms with van der Waals surface area (Å²) in [5, 5.41) is 20.1. The van der Waals surface area contributed by atoms with Crippen molar-refractivity contribution in [1.29, 1.82) is 0 Å². The van der Waals surface area contributed by atoms with Gasteiger partial charge >= 0.3 is 5.97 Å². The van der Waals surface area contributed by atoms with E-state index in [2.05, 4.69) is 15.5 Å². The third-order valence-corrected chi connectivity index (χ3v) is 2.80. The van der Waals surface area contributed by atoms with Crippen molar-refractivity contribution in [2.75, 3.05) is 7.11 Å². The quantitative estimate of drug-likeness (QED) is 0.847. The number of rotatable bonds is 6. The Balaban J connectivity index is 2.20. The van der Waals surface area contributed by atoms with Crippen LogP contribution in [0.3, 0.4) is 0 Å². The molecule has 0 spiro atoms. The van der Waals surface area contributed by atoms with Gasteiger partial charge in [-0.1, -0.05) is 0 Å². The van der Waals surface area contributed by atoms with E-state index in [1.54, 1.807) is 6.07 Å². The number of carboxylic acid groups (broad SMARTS) is 1. The minimum absolute atomic E-state index is 0.144.